The van der Waals surface area contributed by atoms with Crippen molar-refractivity contribution in [2.75, 3.05) is 7.11 Å². The second-order valence-corrected chi connectivity index (χ2v) is 8.31. The molecule has 0 fully saturated rings. The molecule has 0 unspecified atom stereocenters. The molecular weight excluding hydrogens is 404 g/mol. The quantitative estimate of drug-likeness (QED) is 0.514. The van der Waals surface area contributed by atoms with Crippen molar-refractivity contribution in [1.82, 2.24) is 4.57 Å². The number of thiazole rings is 1. The van der Waals surface area contributed by atoms with Crippen LogP contribution in [0.3, 0.4) is 0 Å². The van der Waals surface area contributed by atoms with Gasteiger partial charge in [-0.05, 0) is 68.1 Å². The molecule has 1 aromatic heterocycles. The summed E-state index contributed by atoms with van der Waals surface area (Å²) in [5, 5.41) is 0.476. The van der Waals surface area contributed by atoms with Crippen molar-refractivity contribution in [1.29, 1.82) is 0 Å². The molecule has 1 heterocycles. The van der Waals surface area contributed by atoms with Crippen LogP contribution in [0.2, 0.25) is 5.02 Å². The largest absolute Gasteiger partial charge is 0.496 e. The minimum absolute atomic E-state index is 0.359. The molecule has 3 aromatic rings. The second-order valence-electron chi connectivity index (χ2n) is 6.81. The van der Waals surface area contributed by atoms with Crippen molar-refractivity contribution in [2.45, 2.75) is 40.7 Å². The number of nitrogens with zero attached hydrogens (tertiary/aromatic N) is 2. The molecule has 1 amide bonds. The van der Waals surface area contributed by atoms with E-state index in [2.05, 4.69) is 55.5 Å². The highest BCUT2D eigenvalue weighted by atomic mass is 35.5. The first kappa shape index (κ1) is 21.3. The predicted octanol–water partition coefficient (Wildman–Crippen LogP) is 5.82. The highest BCUT2D eigenvalue weighted by Crippen LogP contribution is 2.29. The fraction of sp³-hybridized carbons (Fsp3) is 0.304. The summed E-state index contributed by atoms with van der Waals surface area (Å²) in [6, 6.07) is 11.5. The van der Waals surface area contributed by atoms with Gasteiger partial charge in [-0.15, -0.1) is 11.3 Å². The smallest absolute Gasteiger partial charge is 0.283 e. The molecule has 0 spiro atoms. The lowest BCUT2D eigenvalue weighted by Gasteiger charge is -2.10. The predicted molar refractivity (Wildman–Crippen MR) is 120 cm³/mol. The first-order valence-electron chi connectivity index (χ1n) is 9.62. The average Bonchev–Trinajstić information content (AvgIpc) is 3.07. The average molecular weight is 429 g/mol. The zero-order valence-electron chi connectivity index (χ0n) is 17.4. The molecule has 0 saturated heterocycles. The molecule has 2 aromatic carbocycles. The molecule has 4 nitrogen and oxygen atoms in total. The molecule has 3 rings (SSSR count). The molecule has 0 atom stereocenters. The van der Waals surface area contributed by atoms with Gasteiger partial charge in [-0.1, -0.05) is 30.7 Å². The van der Waals surface area contributed by atoms with Gasteiger partial charge in [0.15, 0.2) is 4.80 Å². The van der Waals surface area contributed by atoms with E-state index >= 15 is 0 Å². The van der Waals surface area contributed by atoms with E-state index in [-0.39, 0.29) is 5.91 Å². The summed E-state index contributed by atoms with van der Waals surface area (Å²) >= 11 is 7.64. The van der Waals surface area contributed by atoms with Gasteiger partial charge < -0.3 is 9.30 Å². The Morgan fingerprint density at radius 2 is 1.90 bits per heavy atom. The summed E-state index contributed by atoms with van der Waals surface area (Å²) in [5.41, 5.74) is 5.15. The topological polar surface area (TPSA) is 43.6 Å². The molecule has 0 aliphatic rings. The Labute approximate surface area is 180 Å². The van der Waals surface area contributed by atoms with Gasteiger partial charge in [-0.25, -0.2) is 0 Å². The standard InChI is InChI=1S/C23H25ClN2O2S/c1-6-20-21(16-9-8-14(3)15(4)12-16)26(7-2)23(29-20)25-22(27)18-13-17(24)10-11-19(18)28-5/h8-13H,6-7H2,1-5H3. The minimum atomic E-state index is -0.359. The normalized spacial score (nSPS) is 11.7. The lowest BCUT2D eigenvalue weighted by Crippen LogP contribution is -2.17. The van der Waals surface area contributed by atoms with Crippen LogP contribution in [0.15, 0.2) is 41.4 Å². The molecule has 29 heavy (non-hydrogen) atoms. The number of aryl methyl sites for hydroxylation is 3. The summed E-state index contributed by atoms with van der Waals surface area (Å²) in [6.07, 6.45) is 0.872. The SMILES string of the molecule is CCc1sc(=NC(=O)c2cc(Cl)ccc2OC)n(CC)c1-c1ccc(C)c(C)c1. The fourth-order valence-corrected chi connectivity index (χ4v) is 4.60. The summed E-state index contributed by atoms with van der Waals surface area (Å²) in [6.45, 7) is 9.15. The number of ether oxygens (including phenoxy) is 1. The van der Waals surface area contributed by atoms with Crippen LogP contribution < -0.4 is 9.54 Å². The lowest BCUT2D eigenvalue weighted by molar-refractivity contribution is 0.0995. The van der Waals surface area contributed by atoms with Crippen LogP contribution in [-0.4, -0.2) is 17.6 Å². The van der Waals surface area contributed by atoms with E-state index in [1.165, 1.54) is 23.1 Å². The van der Waals surface area contributed by atoms with E-state index in [1.54, 1.807) is 29.5 Å². The maximum Gasteiger partial charge on any atom is 0.283 e. The van der Waals surface area contributed by atoms with Gasteiger partial charge in [0.1, 0.15) is 5.75 Å². The van der Waals surface area contributed by atoms with Crippen molar-refractivity contribution in [3.8, 4) is 17.0 Å². The van der Waals surface area contributed by atoms with Crippen molar-refractivity contribution in [2.24, 2.45) is 4.99 Å². The highest BCUT2D eigenvalue weighted by molar-refractivity contribution is 7.09. The number of carbonyl (C=O) groups excluding carboxylic acids is 1. The molecule has 0 radical (unpaired) electrons. The number of hydrogen-bond acceptors (Lipinski definition) is 3. The van der Waals surface area contributed by atoms with Gasteiger partial charge in [-0.2, -0.15) is 4.99 Å². The third-order valence-electron chi connectivity index (χ3n) is 4.99. The molecule has 0 saturated carbocycles. The van der Waals surface area contributed by atoms with Crippen molar-refractivity contribution in [3.05, 3.63) is 67.8 Å². The number of amides is 1. The van der Waals surface area contributed by atoms with Gasteiger partial charge in [0.25, 0.3) is 5.91 Å². The highest BCUT2D eigenvalue weighted by Gasteiger charge is 2.17. The van der Waals surface area contributed by atoms with Crippen LogP contribution in [0.1, 0.15) is 40.2 Å². The maximum absolute atomic E-state index is 12.9. The van der Waals surface area contributed by atoms with Gasteiger partial charge >= 0.3 is 0 Å². The Morgan fingerprint density at radius 3 is 2.52 bits per heavy atom. The van der Waals surface area contributed by atoms with E-state index in [4.69, 9.17) is 16.3 Å². The first-order valence-corrected chi connectivity index (χ1v) is 10.8. The van der Waals surface area contributed by atoms with E-state index < -0.39 is 0 Å². The number of rotatable bonds is 5. The molecule has 152 valence electrons. The zero-order chi connectivity index (χ0) is 21.1. The maximum atomic E-state index is 12.9. The Hall–Kier alpha value is -2.37. The minimum Gasteiger partial charge on any atom is -0.496 e. The van der Waals surface area contributed by atoms with Crippen molar-refractivity contribution in [3.63, 3.8) is 0 Å². The van der Waals surface area contributed by atoms with Crippen LogP contribution >= 0.6 is 22.9 Å². The Morgan fingerprint density at radius 1 is 1.14 bits per heavy atom. The van der Waals surface area contributed by atoms with Gasteiger partial charge in [0.05, 0.1) is 18.4 Å². The van der Waals surface area contributed by atoms with Crippen molar-refractivity contribution < 1.29 is 9.53 Å². The molecule has 6 heteroatoms. The van der Waals surface area contributed by atoms with E-state index in [0.717, 1.165) is 24.2 Å². The van der Waals surface area contributed by atoms with Crippen LogP contribution in [0, 0.1) is 13.8 Å². The molecular formula is C23H25ClN2O2S. The van der Waals surface area contributed by atoms with Gasteiger partial charge in [0.2, 0.25) is 0 Å². The number of carbonyl (C=O) groups is 1. The molecule has 0 aliphatic carbocycles. The second kappa shape index (κ2) is 8.97. The number of methoxy groups -OCH3 is 1. The van der Waals surface area contributed by atoms with Gasteiger partial charge in [0, 0.05) is 16.4 Å². The fourth-order valence-electron chi connectivity index (χ4n) is 3.28. The summed E-state index contributed by atoms with van der Waals surface area (Å²) < 4.78 is 7.43. The number of benzene rings is 2. The number of hydrogen-bond donors (Lipinski definition) is 0. The van der Waals surface area contributed by atoms with E-state index in [0.29, 0.717) is 21.1 Å². The van der Waals surface area contributed by atoms with Crippen LogP contribution in [-0.2, 0) is 13.0 Å². The third kappa shape index (κ3) is 4.31. The van der Waals surface area contributed by atoms with Crippen LogP contribution in [0.5, 0.6) is 5.75 Å². The van der Waals surface area contributed by atoms with Crippen LogP contribution in [0.25, 0.3) is 11.3 Å². The summed E-state index contributed by atoms with van der Waals surface area (Å²) in [4.78, 5) is 19.3. The van der Waals surface area contributed by atoms with E-state index in [1.807, 2.05) is 0 Å². The molecule has 0 aliphatic heterocycles. The monoisotopic (exact) mass is 428 g/mol. The van der Waals surface area contributed by atoms with Gasteiger partial charge in [-0.3, -0.25) is 4.79 Å². The molecule has 0 bridgehead atoms. The van der Waals surface area contributed by atoms with Crippen LogP contribution in [0.4, 0.5) is 0 Å². The number of aromatic nitrogens is 1. The summed E-state index contributed by atoms with van der Waals surface area (Å²) in [5.74, 6) is 0.106. The third-order valence-corrected chi connectivity index (χ3v) is 6.44. The molecule has 0 N–H and O–H groups in total. The Bertz CT molecular complexity index is 1130. The first-order chi connectivity index (χ1) is 13.9. The Balaban J connectivity index is 2.18. The number of halogens is 1. The van der Waals surface area contributed by atoms with Crippen molar-refractivity contribution >= 4 is 28.8 Å². The zero-order valence-corrected chi connectivity index (χ0v) is 18.9. The summed E-state index contributed by atoms with van der Waals surface area (Å²) in [7, 11) is 1.53. The lowest BCUT2D eigenvalue weighted by atomic mass is 10.0. The van der Waals surface area contributed by atoms with E-state index in [9.17, 15) is 4.79 Å². The Kier molecular flexibility index (Phi) is 6.60.